The van der Waals surface area contributed by atoms with E-state index < -0.39 is 0 Å². The van der Waals surface area contributed by atoms with Gasteiger partial charge in [0.05, 0.1) is 6.61 Å². The zero-order chi connectivity index (χ0) is 13.0. The van der Waals surface area contributed by atoms with Gasteiger partial charge in [0.25, 0.3) is 0 Å². The molecule has 1 fully saturated rings. The summed E-state index contributed by atoms with van der Waals surface area (Å²) in [5, 5.41) is 9.06. The van der Waals surface area contributed by atoms with Crippen LogP contribution in [0.2, 0.25) is 0 Å². The molecule has 4 nitrogen and oxygen atoms in total. The molecule has 18 heavy (non-hydrogen) atoms. The van der Waals surface area contributed by atoms with E-state index >= 15 is 0 Å². The first-order valence-electron chi connectivity index (χ1n) is 6.47. The van der Waals surface area contributed by atoms with Crippen LogP contribution in [0.15, 0.2) is 12.3 Å². The Kier molecular flexibility index (Phi) is 4.49. The zero-order valence-electron chi connectivity index (χ0n) is 10.8. The highest BCUT2D eigenvalue weighted by Crippen LogP contribution is 2.20. The summed E-state index contributed by atoms with van der Waals surface area (Å²) in [5.41, 5.74) is 0.316. The Morgan fingerprint density at radius 2 is 2.06 bits per heavy atom. The first kappa shape index (κ1) is 13.2. The predicted molar refractivity (Wildman–Crippen MR) is 69.1 cm³/mol. The van der Waals surface area contributed by atoms with Gasteiger partial charge in [-0.05, 0) is 19.0 Å². The lowest BCUT2D eigenvalue weighted by atomic mass is 10.2. The zero-order valence-corrected chi connectivity index (χ0v) is 10.8. The summed E-state index contributed by atoms with van der Waals surface area (Å²) in [4.78, 5) is 8.44. The van der Waals surface area contributed by atoms with Crippen LogP contribution in [0.1, 0.15) is 18.9 Å². The Morgan fingerprint density at radius 3 is 2.67 bits per heavy atom. The molecule has 0 saturated carbocycles. The number of pyridine rings is 1. The second-order valence-corrected chi connectivity index (χ2v) is 4.59. The molecule has 1 aromatic heterocycles. The maximum Gasteiger partial charge on any atom is 0.171 e. The third-order valence-corrected chi connectivity index (χ3v) is 3.33. The lowest BCUT2D eigenvalue weighted by molar-refractivity contribution is 0.256. The molecule has 0 spiro atoms. The van der Waals surface area contributed by atoms with Gasteiger partial charge in [0.15, 0.2) is 11.6 Å². The molecule has 2 heterocycles. The smallest absolute Gasteiger partial charge is 0.171 e. The molecule has 0 aliphatic carbocycles. The molecule has 0 atom stereocenters. The van der Waals surface area contributed by atoms with Crippen LogP contribution in [0.4, 0.5) is 10.2 Å². The lowest BCUT2D eigenvalue weighted by Crippen LogP contribution is -2.47. The maximum absolute atomic E-state index is 14.0. The molecule has 1 aliphatic rings. The fraction of sp³-hybridized carbons (Fsp3) is 0.615. The van der Waals surface area contributed by atoms with E-state index in [-0.39, 0.29) is 12.4 Å². The van der Waals surface area contributed by atoms with Crippen LogP contribution in [-0.4, -0.2) is 47.7 Å². The molecular formula is C13H20FN3O. The minimum absolute atomic E-state index is 0.281. The van der Waals surface area contributed by atoms with Crippen molar-refractivity contribution in [3.05, 3.63) is 23.6 Å². The van der Waals surface area contributed by atoms with E-state index in [4.69, 9.17) is 5.11 Å². The van der Waals surface area contributed by atoms with Crippen LogP contribution >= 0.6 is 0 Å². The first-order valence-corrected chi connectivity index (χ1v) is 6.47. The summed E-state index contributed by atoms with van der Waals surface area (Å²) in [7, 11) is 0. The Hall–Kier alpha value is -1.20. The summed E-state index contributed by atoms with van der Waals surface area (Å²) in [5.74, 6) is -0.0124. The van der Waals surface area contributed by atoms with Gasteiger partial charge in [-0.25, -0.2) is 9.37 Å². The van der Waals surface area contributed by atoms with E-state index in [1.807, 2.05) is 4.90 Å². The van der Waals surface area contributed by atoms with Gasteiger partial charge < -0.3 is 10.0 Å². The molecule has 0 unspecified atom stereocenters. The van der Waals surface area contributed by atoms with Gasteiger partial charge in [0, 0.05) is 37.9 Å². The summed E-state index contributed by atoms with van der Waals surface area (Å²) in [6.45, 7) is 6.45. The lowest BCUT2D eigenvalue weighted by Gasteiger charge is -2.35. The van der Waals surface area contributed by atoms with Crippen molar-refractivity contribution in [2.75, 3.05) is 37.6 Å². The molecule has 2 rings (SSSR count). The van der Waals surface area contributed by atoms with E-state index in [0.717, 1.165) is 39.1 Å². The fourth-order valence-corrected chi connectivity index (χ4v) is 2.31. The Morgan fingerprint density at radius 1 is 1.33 bits per heavy atom. The second-order valence-electron chi connectivity index (χ2n) is 4.59. The quantitative estimate of drug-likeness (QED) is 0.876. The molecule has 1 saturated heterocycles. The molecule has 1 aliphatic heterocycles. The van der Waals surface area contributed by atoms with Crippen molar-refractivity contribution in [2.45, 2.75) is 20.0 Å². The molecule has 0 bridgehead atoms. The SMILES string of the molecule is CCCN1CCN(c2nccc(CO)c2F)CC1. The summed E-state index contributed by atoms with van der Waals surface area (Å²) < 4.78 is 14.0. The highest BCUT2D eigenvalue weighted by atomic mass is 19.1. The molecule has 1 N–H and O–H groups in total. The number of anilines is 1. The Labute approximate surface area is 107 Å². The number of rotatable bonds is 4. The summed E-state index contributed by atoms with van der Waals surface area (Å²) in [6, 6.07) is 1.52. The fourth-order valence-electron chi connectivity index (χ4n) is 2.31. The third-order valence-electron chi connectivity index (χ3n) is 3.33. The van der Waals surface area contributed by atoms with Crippen LogP contribution in [0.5, 0.6) is 0 Å². The standard InChI is InChI=1S/C13H20FN3O/c1-2-5-16-6-8-17(9-7-16)13-12(14)11(10-18)3-4-15-13/h3-4,18H,2,5-10H2,1H3. The number of piperazine rings is 1. The van der Waals surface area contributed by atoms with Crippen molar-refractivity contribution in [1.82, 2.24) is 9.88 Å². The maximum atomic E-state index is 14.0. The monoisotopic (exact) mass is 253 g/mol. The summed E-state index contributed by atoms with van der Waals surface area (Å²) in [6.07, 6.45) is 2.70. The average molecular weight is 253 g/mol. The second kappa shape index (κ2) is 6.11. The topological polar surface area (TPSA) is 39.6 Å². The van der Waals surface area contributed by atoms with Crippen LogP contribution in [0, 0.1) is 5.82 Å². The van der Waals surface area contributed by atoms with Crippen LogP contribution < -0.4 is 4.90 Å². The highest BCUT2D eigenvalue weighted by molar-refractivity contribution is 5.43. The predicted octanol–water partition coefficient (Wildman–Crippen LogP) is 1.25. The van der Waals surface area contributed by atoms with Crippen LogP contribution in [-0.2, 0) is 6.61 Å². The molecule has 0 aromatic carbocycles. The van der Waals surface area contributed by atoms with Gasteiger partial charge in [-0.2, -0.15) is 0 Å². The van der Waals surface area contributed by atoms with E-state index in [0.29, 0.717) is 11.4 Å². The third kappa shape index (κ3) is 2.79. The first-order chi connectivity index (χ1) is 8.76. The number of nitrogens with zero attached hydrogens (tertiary/aromatic N) is 3. The largest absolute Gasteiger partial charge is 0.392 e. The molecule has 100 valence electrons. The minimum Gasteiger partial charge on any atom is -0.392 e. The van der Waals surface area contributed by atoms with Crippen molar-refractivity contribution in [3.8, 4) is 0 Å². The van der Waals surface area contributed by atoms with Crippen molar-refractivity contribution in [2.24, 2.45) is 0 Å². The molecule has 1 aromatic rings. The van der Waals surface area contributed by atoms with Gasteiger partial charge in [-0.1, -0.05) is 6.92 Å². The molecule has 0 amide bonds. The minimum atomic E-state index is -0.385. The molecular weight excluding hydrogens is 233 g/mol. The van der Waals surface area contributed by atoms with Crippen molar-refractivity contribution >= 4 is 5.82 Å². The van der Waals surface area contributed by atoms with E-state index in [1.54, 1.807) is 6.20 Å². The van der Waals surface area contributed by atoms with Crippen molar-refractivity contribution in [1.29, 1.82) is 0 Å². The van der Waals surface area contributed by atoms with Crippen LogP contribution in [0.25, 0.3) is 0 Å². The Bertz CT molecular complexity index is 392. The van der Waals surface area contributed by atoms with E-state index in [1.165, 1.54) is 6.07 Å². The van der Waals surface area contributed by atoms with Crippen LogP contribution in [0.3, 0.4) is 0 Å². The number of aromatic nitrogens is 1. The average Bonchev–Trinajstić information content (AvgIpc) is 2.41. The van der Waals surface area contributed by atoms with Gasteiger partial charge >= 0.3 is 0 Å². The van der Waals surface area contributed by atoms with Crippen molar-refractivity contribution < 1.29 is 9.50 Å². The normalized spacial score (nSPS) is 17.2. The van der Waals surface area contributed by atoms with Gasteiger partial charge in [0.2, 0.25) is 0 Å². The number of hydrogen-bond donors (Lipinski definition) is 1. The molecule has 0 radical (unpaired) electrons. The number of aliphatic hydroxyl groups is 1. The van der Waals surface area contributed by atoms with Crippen molar-refractivity contribution in [3.63, 3.8) is 0 Å². The number of halogens is 1. The van der Waals surface area contributed by atoms with Gasteiger partial charge in [-0.15, -0.1) is 0 Å². The highest BCUT2D eigenvalue weighted by Gasteiger charge is 2.21. The number of hydrogen-bond acceptors (Lipinski definition) is 4. The number of aliphatic hydroxyl groups excluding tert-OH is 1. The van der Waals surface area contributed by atoms with Gasteiger partial charge in [0.1, 0.15) is 0 Å². The van der Waals surface area contributed by atoms with E-state index in [2.05, 4.69) is 16.8 Å². The Balaban J connectivity index is 2.05. The summed E-state index contributed by atoms with van der Waals surface area (Å²) >= 11 is 0. The molecule has 5 heteroatoms. The van der Waals surface area contributed by atoms with Gasteiger partial charge in [-0.3, -0.25) is 4.90 Å². The van der Waals surface area contributed by atoms with E-state index in [9.17, 15) is 4.39 Å².